The van der Waals surface area contributed by atoms with Crippen LogP contribution in [-0.4, -0.2) is 19.9 Å². The van der Waals surface area contributed by atoms with Crippen LogP contribution < -0.4 is 0 Å². The van der Waals surface area contributed by atoms with E-state index >= 15 is 0 Å². The smallest absolute Gasteiger partial charge is 0.159 e. The number of hydrogen-bond acceptors (Lipinski definition) is 4. The van der Waals surface area contributed by atoms with E-state index in [-0.39, 0.29) is 0 Å². The number of hydrogen-bond donors (Lipinski definition) is 0. The van der Waals surface area contributed by atoms with Crippen molar-refractivity contribution in [3.05, 3.63) is 158 Å². The Labute approximate surface area is 245 Å². The molecule has 0 saturated carbocycles. The van der Waals surface area contributed by atoms with Crippen molar-refractivity contribution in [3.8, 4) is 67.5 Å². The van der Waals surface area contributed by atoms with Gasteiger partial charge < -0.3 is 0 Å². The summed E-state index contributed by atoms with van der Waals surface area (Å²) in [6, 6.07) is 49.7. The number of benzene rings is 5. The Bertz CT molecular complexity index is 1840. The fourth-order valence-corrected chi connectivity index (χ4v) is 5.09. The van der Waals surface area contributed by atoms with Gasteiger partial charge in [-0.15, -0.1) is 0 Å². The maximum absolute atomic E-state index is 4.96. The topological polar surface area (TPSA) is 51.6 Å². The van der Waals surface area contributed by atoms with E-state index in [2.05, 4.69) is 107 Å². The first kappa shape index (κ1) is 25.2. The average molecular weight is 539 g/mol. The first-order valence-electron chi connectivity index (χ1n) is 13.9. The first-order valence-corrected chi connectivity index (χ1v) is 13.9. The zero-order valence-corrected chi connectivity index (χ0v) is 22.8. The van der Waals surface area contributed by atoms with Gasteiger partial charge >= 0.3 is 0 Å². The minimum Gasteiger partial charge on any atom is -0.237 e. The monoisotopic (exact) mass is 538 g/mol. The second kappa shape index (κ2) is 11.4. The van der Waals surface area contributed by atoms with Crippen LogP contribution >= 0.6 is 0 Å². The molecule has 0 N–H and O–H groups in total. The summed E-state index contributed by atoms with van der Waals surface area (Å²) in [5.41, 5.74) is 10.4. The van der Waals surface area contributed by atoms with Gasteiger partial charge in [0, 0.05) is 34.6 Å². The standard InChI is InChI=1S/C38H26N4/c1-3-10-27(11-4-1)29-14-7-17-32(24-29)36-21-23-40-38(42-36)34-19-9-16-31(26-34)30-15-8-18-33(25-30)35-20-22-39-37(41-35)28-12-5-2-6-13-28/h1-26H. The van der Waals surface area contributed by atoms with Crippen molar-refractivity contribution in [2.45, 2.75) is 0 Å². The summed E-state index contributed by atoms with van der Waals surface area (Å²) >= 11 is 0. The Morgan fingerprint density at radius 1 is 0.286 bits per heavy atom. The van der Waals surface area contributed by atoms with Gasteiger partial charge in [0.05, 0.1) is 11.4 Å². The highest BCUT2D eigenvalue weighted by atomic mass is 14.9. The summed E-state index contributed by atoms with van der Waals surface area (Å²) in [4.78, 5) is 18.9. The van der Waals surface area contributed by atoms with Crippen molar-refractivity contribution in [3.63, 3.8) is 0 Å². The van der Waals surface area contributed by atoms with Crippen LogP contribution in [0.1, 0.15) is 0 Å². The molecule has 0 bridgehead atoms. The van der Waals surface area contributed by atoms with E-state index in [9.17, 15) is 0 Å². The van der Waals surface area contributed by atoms with E-state index in [1.807, 2.05) is 60.9 Å². The highest BCUT2D eigenvalue weighted by Gasteiger charge is 2.10. The van der Waals surface area contributed by atoms with Crippen molar-refractivity contribution < 1.29 is 0 Å². The molecule has 0 unspecified atom stereocenters. The maximum Gasteiger partial charge on any atom is 0.159 e. The lowest BCUT2D eigenvalue weighted by Gasteiger charge is -2.09. The highest BCUT2D eigenvalue weighted by Crippen LogP contribution is 2.30. The molecule has 0 aliphatic carbocycles. The van der Waals surface area contributed by atoms with Crippen LogP contribution in [0, 0.1) is 0 Å². The Morgan fingerprint density at radius 2 is 0.667 bits per heavy atom. The molecule has 0 fully saturated rings. The predicted octanol–water partition coefficient (Wildman–Crippen LogP) is 9.27. The molecule has 2 aromatic heterocycles. The summed E-state index contributed by atoms with van der Waals surface area (Å²) in [6.45, 7) is 0. The van der Waals surface area contributed by atoms with Crippen LogP contribution in [0.4, 0.5) is 0 Å². The summed E-state index contributed by atoms with van der Waals surface area (Å²) in [5, 5.41) is 0. The van der Waals surface area contributed by atoms with E-state index in [0.717, 1.165) is 50.3 Å². The van der Waals surface area contributed by atoms with Crippen LogP contribution in [0.2, 0.25) is 0 Å². The van der Waals surface area contributed by atoms with Gasteiger partial charge in [-0.05, 0) is 52.6 Å². The third-order valence-corrected chi connectivity index (χ3v) is 7.22. The molecule has 0 radical (unpaired) electrons. The maximum atomic E-state index is 4.96. The molecule has 7 rings (SSSR count). The third-order valence-electron chi connectivity index (χ3n) is 7.22. The van der Waals surface area contributed by atoms with Gasteiger partial charge in [-0.1, -0.05) is 115 Å². The van der Waals surface area contributed by atoms with Crippen molar-refractivity contribution in [2.75, 3.05) is 0 Å². The molecule has 0 saturated heterocycles. The molecule has 5 aromatic carbocycles. The lowest BCUT2D eigenvalue weighted by Crippen LogP contribution is -1.93. The zero-order valence-electron chi connectivity index (χ0n) is 22.8. The summed E-state index contributed by atoms with van der Waals surface area (Å²) in [7, 11) is 0. The Hall–Kier alpha value is -5.74. The molecule has 42 heavy (non-hydrogen) atoms. The van der Waals surface area contributed by atoms with Gasteiger partial charge in [-0.25, -0.2) is 19.9 Å². The van der Waals surface area contributed by atoms with Crippen LogP contribution in [0.5, 0.6) is 0 Å². The second-order valence-corrected chi connectivity index (χ2v) is 10.0. The molecule has 198 valence electrons. The van der Waals surface area contributed by atoms with Crippen molar-refractivity contribution in [2.24, 2.45) is 0 Å². The van der Waals surface area contributed by atoms with Crippen LogP contribution in [-0.2, 0) is 0 Å². The molecule has 0 aliphatic rings. The van der Waals surface area contributed by atoms with E-state index in [0.29, 0.717) is 11.6 Å². The van der Waals surface area contributed by atoms with Gasteiger partial charge in [0.15, 0.2) is 11.6 Å². The summed E-state index contributed by atoms with van der Waals surface area (Å²) in [5.74, 6) is 1.41. The number of nitrogens with zero attached hydrogens (tertiary/aromatic N) is 4. The summed E-state index contributed by atoms with van der Waals surface area (Å²) in [6.07, 6.45) is 3.65. The minimum atomic E-state index is 0.693. The molecule has 0 atom stereocenters. The van der Waals surface area contributed by atoms with Gasteiger partial charge in [0.1, 0.15) is 0 Å². The molecule has 2 heterocycles. The van der Waals surface area contributed by atoms with Crippen LogP contribution in [0.25, 0.3) is 67.5 Å². The van der Waals surface area contributed by atoms with E-state index in [4.69, 9.17) is 9.97 Å². The lowest BCUT2D eigenvalue weighted by molar-refractivity contribution is 1.18. The Kier molecular flexibility index (Phi) is 6.85. The van der Waals surface area contributed by atoms with E-state index in [1.54, 1.807) is 0 Å². The number of rotatable bonds is 6. The van der Waals surface area contributed by atoms with Crippen molar-refractivity contribution >= 4 is 0 Å². The van der Waals surface area contributed by atoms with E-state index < -0.39 is 0 Å². The minimum absolute atomic E-state index is 0.693. The summed E-state index contributed by atoms with van der Waals surface area (Å²) < 4.78 is 0. The van der Waals surface area contributed by atoms with Crippen molar-refractivity contribution in [1.82, 2.24) is 19.9 Å². The van der Waals surface area contributed by atoms with Crippen LogP contribution in [0.15, 0.2) is 158 Å². The third kappa shape index (κ3) is 5.34. The van der Waals surface area contributed by atoms with Gasteiger partial charge in [-0.2, -0.15) is 0 Å². The lowest BCUT2D eigenvalue weighted by atomic mass is 9.99. The molecule has 0 spiro atoms. The quantitative estimate of drug-likeness (QED) is 0.212. The molecule has 0 aliphatic heterocycles. The fourth-order valence-electron chi connectivity index (χ4n) is 5.09. The second-order valence-electron chi connectivity index (χ2n) is 10.0. The van der Waals surface area contributed by atoms with Gasteiger partial charge in [-0.3, -0.25) is 0 Å². The van der Waals surface area contributed by atoms with Crippen molar-refractivity contribution in [1.29, 1.82) is 0 Å². The largest absolute Gasteiger partial charge is 0.237 e. The Morgan fingerprint density at radius 3 is 1.21 bits per heavy atom. The predicted molar refractivity (Wildman–Crippen MR) is 170 cm³/mol. The molecule has 0 amide bonds. The zero-order chi connectivity index (χ0) is 28.1. The molecule has 4 nitrogen and oxygen atoms in total. The molecular weight excluding hydrogens is 512 g/mol. The number of aromatic nitrogens is 4. The normalized spacial score (nSPS) is 10.9. The average Bonchev–Trinajstić information content (AvgIpc) is 3.09. The van der Waals surface area contributed by atoms with Crippen LogP contribution in [0.3, 0.4) is 0 Å². The SMILES string of the molecule is c1ccc(-c2cccc(-c3ccnc(-c4cccc(-c5cccc(-c6ccnc(-c7ccccc7)n6)c5)c4)n3)c2)cc1. The highest BCUT2D eigenvalue weighted by molar-refractivity contribution is 5.76. The molecule has 4 heteroatoms. The van der Waals surface area contributed by atoms with E-state index in [1.165, 1.54) is 5.56 Å². The molecule has 7 aromatic rings. The van der Waals surface area contributed by atoms with Gasteiger partial charge in [0.25, 0.3) is 0 Å². The molecular formula is C38H26N4. The van der Waals surface area contributed by atoms with Gasteiger partial charge in [0.2, 0.25) is 0 Å². The Balaban J connectivity index is 1.19. The first-order chi connectivity index (χ1) is 20.8. The fraction of sp³-hybridized carbons (Fsp3) is 0.